The number of carbonyl (C=O) groups excluding carboxylic acids is 1. The molecule has 4 aromatic rings. The van der Waals surface area contributed by atoms with Crippen LogP contribution in [0.1, 0.15) is 28.9 Å². The van der Waals surface area contributed by atoms with Crippen LogP contribution in [-0.4, -0.2) is 52.0 Å². The van der Waals surface area contributed by atoms with E-state index >= 15 is 4.39 Å². The van der Waals surface area contributed by atoms with Crippen LogP contribution < -0.4 is 26.6 Å². The molecule has 0 saturated heterocycles. The lowest BCUT2D eigenvalue weighted by Crippen LogP contribution is -2.39. The Balaban J connectivity index is 1.76. The standard InChI is InChI=1S/C26H27F3N8O3/c1-12(31-26(39)40)21(13-5-7-17(27)18(28)9-13)33-24-19(29)11-16(22(30)38)23(34-24)32-14-6-8-20-15(10-14)25(36(2)3)35-37(20)4/h5-12,21,31H,1-4H3,(H2,30,38)(H,39,40)(H2,32,33,34)/t12-,21+/m0/s1. The number of anilines is 4. The second-order valence-corrected chi connectivity index (χ2v) is 9.31. The number of rotatable bonds is 9. The first-order chi connectivity index (χ1) is 18.8. The molecule has 0 fully saturated rings. The average molecular weight is 557 g/mol. The fourth-order valence-electron chi connectivity index (χ4n) is 4.29. The van der Waals surface area contributed by atoms with E-state index in [9.17, 15) is 23.5 Å². The van der Waals surface area contributed by atoms with Gasteiger partial charge in [0.15, 0.2) is 29.1 Å². The first kappa shape index (κ1) is 28.0. The summed E-state index contributed by atoms with van der Waals surface area (Å²) in [5.74, 6) is -3.99. The van der Waals surface area contributed by atoms with Gasteiger partial charge >= 0.3 is 6.09 Å². The van der Waals surface area contributed by atoms with Gasteiger partial charge in [-0.15, -0.1) is 0 Å². The van der Waals surface area contributed by atoms with Crippen LogP contribution >= 0.6 is 0 Å². The zero-order valence-electron chi connectivity index (χ0n) is 22.0. The number of aromatic nitrogens is 3. The predicted octanol–water partition coefficient (Wildman–Crippen LogP) is 4.10. The number of hydrogen-bond acceptors (Lipinski definition) is 7. The van der Waals surface area contributed by atoms with Crippen molar-refractivity contribution in [2.75, 3.05) is 29.6 Å². The summed E-state index contributed by atoms with van der Waals surface area (Å²) in [6.07, 6.45) is -1.38. The molecule has 0 unspecified atom stereocenters. The summed E-state index contributed by atoms with van der Waals surface area (Å²) in [4.78, 5) is 29.5. The second kappa shape index (κ2) is 11.0. The van der Waals surface area contributed by atoms with E-state index in [-0.39, 0.29) is 16.9 Å². The molecule has 4 rings (SSSR count). The van der Waals surface area contributed by atoms with Crippen LogP contribution in [0, 0.1) is 17.5 Å². The van der Waals surface area contributed by atoms with Gasteiger partial charge in [-0.2, -0.15) is 5.10 Å². The van der Waals surface area contributed by atoms with E-state index in [1.165, 1.54) is 13.0 Å². The highest BCUT2D eigenvalue weighted by molar-refractivity contribution is 5.99. The molecular weight excluding hydrogens is 529 g/mol. The molecule has 11 nitrogen and oxygen atoms in total. The van der Waals surface area contributed by atoms with Crippen molar-refractivity contribution in [3.8, 4) is 0 Å². The molecule has 0 saturated carbocycles. The Kier molecular flexibility index (Phi) is 7.70. The highest BCUT2D eigenvalue weighted by Gasteiger charge is 2.25. The van der Waals surface area contributed by atoms with Gasteiger partial charge in [0.05, 0.1) is 23.2 Å². The molecule has 2 atom stereocenters. The van der Waals surface area contributed by atoms with Crippen molar-refractivity contribution in [1.29, 1.82) is 0 Å². The fourth-order valence-corrected chi connectivity index (χ4v) is 4.29. The Morgan fingerprint density at radius 1 is 1.02 bits per heavy atom. The van der Waals surface area contributed by atoms with E-state index in [1.807, 2.05) is 25.1 Å². The highest BCUT2D eigenvalue weighted by Crippen LogP contribution is 2.31. The van der Waals surface area contributed by atoms with Crippen molar-refractivity contribution in [1.82, 2.24) is 20.1 Å². The van der Waals surface area contributed by atoms with E-state index in [4.69, 9.17) is 5.73 Å². The average Bonchev–Trinajstić information content (AvgIpc) is 3.21. The largest absolute Gasteiger partial charge is 0.465 e. The number of carbonyl (C=O) groups is 2. The third kappa shape index (κ3) is 5.70. The van der Waals surface area contributed by atoms with Crippen molar-refractivity contribution >= 4 is 46.0 Å². The molecule has 0 spiro atoms. The number of pyridine rings is 1. The van der Waals surface area contributed by atoms with Gasteiger partial charge in [-0.25, -0.2) is 22.9 Å². The fraction of sp³-hybridized carbons (Fsp3) is 0.231. The number of primary amides is 1. The van der Waals surface area contributed by atoms with E-state index in [1.54, 1.807) is 23.9 Å². The normalized spacial score (nSPS) is 12.6. The number of nitrogens with one attached hydrogen (secondary N) is 3. The summed E-state index contributed by atoms with van der Waals surface area (Å²) in [7, 11) is 5.49. The molecule has 40 heavy (non-hydrogen) atoms. The van der Waals surface area contributed by atoms with Crippen molar-refractivity contribution < 1.29 is 27.9 Å². The third-order valence-corrected chi connectivity index (χ3v) is 6.20. The van der Waals surface area contributed by atoms with Gasteiger partial charge in [0.1, 0.15) is 5.82 Å². The Morgan fingerprint density at radius 2 is 1.75 bits per heavy atom. The summed E-state index contributed by atoms with van der Waals surface area (Å²) in [6.45, 7) is 1.45. The lowest BCUT2D eigenvalue weighted by Gasteiger charge is -2.27. The summed E-state index contributed by atoms with van der Waals surface area (Å²) < 4.78 is 44.5. The topological polar surface area (TPSA) is 150 Å². The van der Waals surface area contributed by atoms with Crippen LogP contribution in [0.25, 0.3) is 10.9 Å². The van der Waals surface area contributed by atoms with Gasteiger partial charge in [0.2, 0.25) is 0 Å². The Labute approximate surface area is 226 Å². The number of fused-ring (bicyclic) bond motifs is 1. The minimum Gasteiger partial charge on any atom is -0.465 e. The monoisotopic (exact) mass is 556 g/mol. The molecule has 0 aliphatic rings. The van der Waals surface area contributed by atoms with Crippen LogP contribution in [0.15, 0.2) is 42.5 Å². The van der Waals surface area contributed by atoms with Crippen molar-refractivity contribution in [3.05, 3.63) is 71.0 Å². The molecule has 210 valence electrons. The molecule has 2 aromatic carbocycles. The zero-order valence-corrected chi connectivity index (χ0v) is 22.0. The lowest BCUT2D eigenvalue weighted by atomic mass is 10.00. The number of nitrogens with zero attached hydrogens (tertiary/aromatic N) is 4. The first-order valence-electron chi connectivity index (χ1n) is 12.0. The summed E-state index contributed by atoms with van der Waals surface area (Å²) >= 11 is 0. The van der Waals surface area contributed by atoms with Crippen molar-refractivity contribution in [2.24, 2.45) is 12.8 Å². The number of hydrogen-bond donors (Lipinski definition) is 5. The minimum absolute atomic E-state index is 0.0890. The first-order valence-corrected chi connectivity index (χ1v) is 12.0. The SMILES string of the molecule is C[C@H](NC(=O)O)[C@@H](Nc1nc(Nc2ccc3c(c2)c(N(C)C)nn3C)c(C(N)=O)cc1F)c1ccc(F)c(F)c1. The molecule has 0 radical (unpaired) electrons. The van der Waals surface area contributed by atoms with Crippen LogP contribution in [0.3, 0.4) is 0 Å². The summed E-state index contributed by atoms with van der Waals surface area (Å²) in [6, 6.07) is 7.12. The number of benzene rings is 2. The number of aryl methyl sites for hydroxylation is 1. The van der Waals surface area contributed by atoms with E-state index in [0.717, 1.165) is 29.1 Å². The number of amides is 2. The quantitative estimate of drug-likeness (QED) is 0.207. The number of nitrogens with two attached hydrogens (primary N) is 1. The van der Waals surface area contributed by atoms with E-state index < -0.39 is 47.4 Å². The molecule has 14 heteroatoms. The molecule has 2 aromatic heterocycles. The summed E-state index contributed by atoms with van der Waals surface area (Å²) in [5.41, 5.74) is 6.70. The zero-order chi connectivity index (χ0) is 29.3. The maximum Gasteiger partial charge on any atom is 0.404 e. The van der Waals surface area contributed by atoms with Crippen LogP contribution in [0.4, 0.5) is 41.1 Å². The highest BCUT2D eigenvalue weighted by atomic mass is 19.2. The Hall–Kier alpha value is -5.01. The predicted molar refractivity (Wildman–Crippen MR) is 144 cm³/mol. The molecule has 2 heterocycles. The molecular formula is C26H27F3N8O3. The Bertz CT molecular complexity index is 1610. The second-order valence-electron chi connectivity index (χ2n) is 9.31. The van der Waals surface area contributed by atoms with E-state index in [2.05, 4.69) is 26.0 Å². The molecule has 2 amide bonds. The van der Waals surface area contributed by atoms with Gasteiger partial charge in [-0.3, -0.25) is 9.48 Å². The Morgan fingerprint density at radius 3 is 2.38 bits per heavy atom. The molecule has 6 N–H and O–H groups in total. The van der Waals surface area contributed by atoms with Gasteiger partial charge in [0.25, 0.3) is 5.91 Å². The molecule has 0 aliphatic carbocycles. The maximum atomic E-state index is 15.2. The third-order valence-electron chi connectivity index (χ3n) is 6.20. The minimum atomic E-state index is -1.38. The van der Waals surface area contributed by atoms with Crippen LogP contribution in [0.5, 0.6) is 0 Å². The smallest absolute Gasteiger partial charge is 0.404 e. The van der Waals surface area contributed by atoms with Gasteiger partial charge in [-0.1, -0.05) is 6.07 Å². The van der Waals surface area contributed by atoms with Crippen molar-refractivity contribution in [3.63, 3.8) is 0 Å². The van der Waals surface area contributed by atoms with Gasteiger partial charge in [0, 0.05) is 32.2 Å². The number of halogens is 3. The van der Waals surface area contributed by atoms with Crippen LogP contribution in [-0.2, 0) is 7.05 Å². The van der Waals surface area contributed by atoms with Gasteiger partial charge in [-0.05, 0) is 48.9 Å². The molecule has 0 bridgehead atoms. The van der Waals surface area contributed by atoms with E-state index in [0.29, 0.717) is 11.5 Å². The summed E-state index contributed by atoms with van der Waals surface area (Å²) in [5, 5.41) is 22.4. The maximum absolute atomic E-state index is 15.2. The molecule has 0 aliphatic heterocycles. The lowest BCUT2D eigenvalue weighted by molar-refractivity contribution is 0.1000. The van der Waals surface area contributed by atoms with Gasteiger partial charge < -0.3 is 31.7 Å². The van der Waals surface area contributed by atoms with Crippen molar-refractivity contribution in [2.45, 2.75) is 19.0 Å². The van der Waals surface area contributed by atoms with Crippen LogP contribution in [0.2, 0.25) is 0 Å². The number of carboxylic acid groups (broad SMARTS) is 1.